The van der Waals surface area contributed by atoms with Gasteiger partial charge in [-0.25, -0.2) is 14.2 Å². The molecule has 2 saturated carbocycles. The van der Waals surface area contributed by atoms with Gasteiger partial charge in [0, 0.05) is 48.4 Å². The second-order valence-electron chi connectivity index (χ2n) is 8.89. The van der Waals surface area contributed by atoms with Crippen molar-refractivity contribution >= 4 is 33.7 Å². The van der Waals surface area contributed by atoms with Gasteiger partial charge in [-0.3, -0.25) is 13.5 Å². The number of carbonyl (C=O) groups excluding carboxylic acids is 1. The Balaban J connectivity index is 1.36. The van der Waals surface area contributed by atoms with E-state index in [1.54, 1.807) is 18.5 Å². The molecule has 1 atom stereocenters. The van der Waals surface area contributed by atoms with E-state index in [2.05, 4.69) is 26.7 Å². The highest BCUT2D eigenvalue weighted by atomic mass is 32.2. The topological polar surface area (TPSA) is 122 Å². The number of hydrogen-bond acceptors (Lipinski definition) is 7. The van der Waals surface area contributed by atoms with Crippen molar-refractivity contribution in [3.05, 3.63) is 47.9 Å². The van der Waals surface area contributed by atoms with Gasteiger partial charge in [-0.15, -0.1) is 0 Å². The van der Waals surface area contributed by atoms with Gasteiger partial charge in [0.25, 0.3) is 5.91 Å². The number of pyridine rings is 2. The van der Waals surface area contributed by atoms with Crippen LogP contribution < -0.4 is 10.6 Å². The lowest BCUT2D eigenvalue weighted by Crippen LogP contribution is -2.39. The Kier molecular flexibility index (Phi) is 6.30. The van der Waals surface area contributed by atoms with Crippen LogP contribution in [0.2, 0.25) is 0 Å². The number of hydrogen-bond donors (Lipinski definition) is 2. The van der Waals surface area contributed by atoms with Crippen molar-refractivity contribution in [3.8, 4) is 11.9 Å². The molecule has 3 heterocycles. The summed E-state index contributed by atoms with van der Waals surface area (Å²) in [6.45, 7) is 0. The van der Waals surface area contributed by atoms with Crippen LogP contribution >= 0.6 is 0 Å². The molecule has 10 heteroatoms. The van der Waals surface area contributed by atoms with E-state index in [0.29, 0.717) is 28.6 Å². The third kappa shape index (κ3) is 4.95. The van der Waals surface area contributed by atoms with Gasteiger partial charge in [-0.1, -0.05) is 0 Å². The Morgan fingerprint density at radius 1 is 1.15 bits per heavy atom. The summed E-state index contributed by atoms with van der Waals surface area (Å²) in [5.41, 5.74) is 2.47. The zero-order valence-corrected chi connectivity index (χ0v) is 19.7. The highest BCUT2D eigenvalue weighted by molar-refractivity contribution is 7.79. The summed E-state index contributed by atoms with van der Waals surface area (Å²) in [4.78, 5) is 22.1. The van der Waals surface area contributed by atoms with Gasteiger partial charge in [-0.05, 0) is 50.7 Å². The molecule has 0 radical (unpaired) electrons. The predicted molar refractivity (Wildman–Crippen MR) is 129 cm³/mol. The molecule has 0 spiro atoms. The monoisotopic (exact) mass is 478 g/mol. The minimum atomic E-state index is -1.27. The molecule has 2 N–H and O–H groups in total. The molecule has 9 nitrogen and oxygen atoms in total. The quantitative estimate of drug-likeness (QED) is 0.535. The highest BCUT2D eigenvalue weighted by Crippen LogP contribution is 2.29. The SMILES string of the molecule is CS(=O)OC1CCC(NC(=O)c2cnc(-n3ccc4cc(C#N)cnc43)cc2NC2CC2)CC1. The van der Waals surface area contributed by atoms with Gasteiger partial charge in [0.2, 0.25) is 0 Å². The van der Waals surface area contributed by atoms with Gasteiger partial charge in [0.15, 0.2) is 11.1 Å². The lowest BCUT2D eigenvalue weighted by atomic mass is 9.93. The summed E-state index contributed by atoms with van der Waals surface area (Å²) in [7, 11) is 0. The van der Waals surface area contributed by atoms with Crippen LogP contribution in [0.1, 0.15) is 54.4 Å². The summed E-state index contributed by atoms with van der Waals surface area (Å²) >= 11 is -1.27. The lowest BCUT2D eigenvalue weighted by Gasteiger charge is -2.28. The van der Waals surface area contributed by atoms with Gasteiger partial charge < -0.3 is 10.6 Å². The second kappa shape index (κ2) is 9.52. The van der Waals surface area contributed by atoms with E-state index in [1.807, 2.05) is 22.9 Å². The minimum Gasteiger partial charge on any atom is -0.382 e. The lowest BCUT2D eigenvalue weighted by molar-refractivity contribution is 0.0902. The Morgan fingerprint density at radius 3 is 2.62 bits per heavy atom. The molecular formula is C24H26N6O3S. The van der Waals surface area contributed by atoms with Crippen LogP contribution in [-0.4, -0.2) is 49.1 Å². The van der Waals surface area contributed by atoms with Gasteiger partial charge in [0.05, 0.1) is 22.9 Å². The Labute approximate surface area is 200 Å². The van der Waals surface area contributed by atoms with Crippen molar-refractivity contribution in [1.82, 2.24) is 19.9 Å². The van der Waals surface area contributed by atoms with Crippen molar-refractivity contribution in [3.63, 3.8) is 0 Å². The van der Waals surface area contributed by atoms with E-state index in [4.69, 9.17) is 9.44 Å². The fourth-order valence-electron chi connectivity index (χ4n) is 4.35. The second-order valence-corrected chi connectivity index (χ2v) is 9.88. The first kappa shape index (κ1) is 22.5. The Bertz CT molecular complexity index is 1290. The first-order chi connectivity index (χ1) is 16.5. The minimum absolute atomic E-state index is 0.0127. The number of fused-ring (bicyclic) bond motifs is 1. The number of amides is 1. The van der Waals surface area contributed by atoms with Crippen LogP contribution in [0.25, 0.3) is 16.9 Å². The normalized spacial score (nSPS) is 21.1. The zero-order valence-electron chi connectivity index (χ0n) is 18.9. The molecule has 1 unspecified atom stereocenters. The van der Waals surface area contributed by atoms with Crippen molar-refractivity contribution in [2.24, 2.45) is 0 Å². The maximum absolute atomic E-state index is 13.2. The smallest absolute Gasteiger partial charge is 0.255 e. The number of nitrogens with one attached hydrogen (secondary N) is 2. The number of nitrogens with zero attached hydrogens (tertiary/aromatic N) is 4. The first-order valence-corrected chi connectivity index (χ1v) is 12.9. The molecule has 1 amide bonds. The molecule has 2 aliphatic carbocycles. The Hall–Kier alpha value is -3.29. The standard InChI is InChI=1S/C24H26N6O3S/c1-34(32)33-19-6-4-18(5-7-19)29-24(31)20-14-26-22(11-21(20)28-17-2-3-17)30-9-8-16-10-15(12-25)13-27-23(16)30/h8-11,13-14,17-19H,2-7H2,1H3,(H,26,28)(H,29,31). The van der Waals surface area contributed by atoms with Crippen LogP contribution in [0.3, 0.4) is 0 Å². The molecule has 3 aromatic rings. The molecule has 2 aliphatic rings. The number of carbonyl (C=O) groups is 1. The number of nitriles is 1. The summed E-state index contributed by atoms with van der Waals surface area (Å²) < 4.78 is 18.6. The number of rotatable bonds is 7. The predicted octanol–water partition coefficient (Wildman–Crippen LogP) is 3.22. The third-order valence-corrected chi connectivity index (χ3v) is 6.80. The van der Waals surface area contributed by atoms with Crippen LogP contribution in [0.5, 0.6) is 0 Å². The molecule has 0 aliphatic heterocycles. The van der Waals surface area contributed by atoms with Crippen molar-refractivity contribution in [2.75, 3.05) is 11.6 Å². The molecule has 2 fully saturated rings. The summed E-state index contributed by atoms with van der Waals surface area (Å²) in [6, 6.07) is 8.10. The van der Waals surface area contributed by atoms with E-state index < -0.39 is 11.1 Å². The van der Waals surface area contributed by atoms with E-state index in [0.717, 1.165) is 49.6 Å². The van der Waals surface area contributed by atoms with Crippen molar-refractivity contribution < 1.29 is 13.2 Å². The van der Waals surface area contributed by atoms with Crippen LogP contribution in [0.4, 0.5) is 5.69 Å². The maximum Gasteiger partial charge on any atom is 0.255 e. The molecule has 34 heavy (non-hydrogen) atoms. The average Bonchev–Trinajstić information content (AvgIpc) is 3.55. The molecule has 0 saturated heterocycles. The molecule has 176 valence electrons. The average molecular weight is 479 g/mol. The fourth-order valence-corrected chi connectivity index (χ4v) is 4.93. The molecule has 0 aromatic carbocycles. The van der Waals surface area contributed by atoms with E-state index in [-0.39, 0.29) is 18.1 Å². The Morgan fingerprint density at radius 2 is 1.91 bits per heavy atom. The van der Waals surface area contributed by atoms with Gasteiger partial charge in [-0.2, -0.15) is 5.26 Å². The van der Waals surface area contributed by atoms with E-state index in [1.165, 1.54) is 6.26 Å². The largest absolute Gasteiger partial charge is 0.382 e. The van der Waals surface area contributed by atoms with Gasteiger partial charge >= 0.3 is 0 Å². The van der Waals surface area contributed by atoms with Crippen LogP contribution in [0, 0.1) is 11.3 Å². The van der Waals surface area contributed by atoms with Crippen LogP contribution in [-0.2, 0) is 15.3 Å². The fraction of sp³-hybridized carbons (Fsp3) is 0.417. The summed E-state index contributed by atoms with van der Waals surface area (Å²) in [5, 5.41) is 16.6. The molecule has 3 aromatic heterocycles. The summed E-state index contributed by atoms with van der Waals surface area (Å²) in [5.74, 6) is 0.497. The molecule has 0 bridgehead atoms. The third-order valence-electron chi connectivity index (χ3n) is 6.25. The van der Waals surface area contributed by atoms with Crippen molar-refractivity contribution in [2.45, 2.75) is 56.7 Å². The summed E-state index contributed by atoms with van der Waals surface area (Å²) in [6.07, 6.45) is 11.8. The van der Waals surface area contributed by atoms with E-state index in [9.17, 15) is 9.00 Å². The molecule has 5 rings (SSSR count). The highest BCUT2D eigenvalue weighted by Gasteiger charge is 2.27. The maximum atomic E-state index is 13.2. The molecular weight excluding hydrogens is 452 g/mol. The zero-order chi connectivity index (χ0) is 23.7. The van der Waals surface area contributed by atoms with Gasteiger partial charge in [0.1, 0.15) is 17.5 Å². The first-order valence-electron chi connectivity index (χ1n) is 11.5. The number of aromatic nitrogens is 3. The van der Waals surface area contributed by atoms with Crippen molar-refractivity contribution in [1.29, 1.82) is 5.26 Å². The van der Waals surface area contributed by atoms with Crippen LogP contribution in [0.15, 0.2) is 36.8 Å². The van der Waals surface area contributed by atoms with E-state index >= 15 is 0 Å². The number of anilines is 1.